The molecule has 0 aliphatic carbocycles. The molecule has 0 aromatic heterocycles. The van der Waals surface area contributed by atoms with Crippen LogP contribution in [0.3, 0.4) is 0 Å². The highest BCUT2D eigenvalue weighted by Gasteiger charge is 2.25. The summed E-state index contributed by atoms with van der Waals surface area (Å²) in [5, 5.41) is 6.30. The third kappa shape index (κ3) is 6.63. The molecule has 3 aromatic rings. The molecule has 1 heterocycles. The first-order chi connectivity index (χ1) is 17.7. The van der Waals surface area contributed by atoms with E-state index < -0.39 is 17.9 Å². The molecule has 37 heavy (non-hydrogen) atoms. The highest BCUT2D eigenvalue weighted by molar-refractivity contribution is 9.10. The van der Waals surface area contributed by atoms with Crippen molar-refractivity contribution < 1.29 is 19.1 Å². The Morgan fingerprint density at radius 3 is 2.38 bits per heavy atom. The quantitative estimate of drug-likeness (QED) is 0.346. The minimum Gasteiger partial charge on any atom is -0.496 e. The van der Waals surface area contributed by atoms with E-state index in [4.69, 9.17) is 27.9 Å². The molecule has 1 atom stereocenters. The molecule has 7 nitrogen and oxygen atoms in total. The van der Waals surface area contributed by atoms with Gasteiger partial charge < -0.3 is 20.3 Å². The SMILES string of the molecule is COc1cc(Cl)ccc1C(NC(=O)C(=O)Nc1cc(Br)cc(C(=O)N2CCCC2)c1)c1cccc(Cl)c1. The van der Waals surface area contributed by atoms with Crippen LogP contribution in [0.5, 0.6) is 5.75 Å². The zero-order valence-electron chi connectivity index (χ0n) is 19.9. The molecule has 10 heteroatoms. The van der Waals surface area contributed by atoms with Crippen molar-refractivity contribution in [3.63, 3.8) is 0 Å². The van der Waals surface area contributed by atoms with Gasteiger partial charge in [-0.05, 0) is 60.9 Å². The van der Waals surface area contributed by atoms with Gasteiger partial charge in [-0.3, -0.25) is 14.4 Å². The van der Waals surface area contributed by atoms with Crippen LogP contribution in [-0.2, 0) is 9.59 Å². The Labute approximate surface area is 233 Å². The Morgan fingerprint density at radius 2 is 1.68 bits per heavy atom. The monoisotopic (exact) mass is 603 g/mol. The van der Waals surface area contributed by atoms with Crippen molar-refractivity contribution in [1.29, 1.82) is 0 Å². The molecule has 0 saturated carbocycles. The average Bonchev–Trinajstić information content (AvgIpc) is 3.41. The van der Waals surface area contributed by atoms with Gasteiger partial charge in [0.1, 0.15) is 5.75 Å². The second-order valence-electron chi connectivity index (χ2n) is 8.53. The molecule has 2 N–H and O–H groups in total. The van der Waals surface area contributed by atoms with Crippen molar-refractivity contribution in [2.45, 2.75) is 18.9 Å². The molecule has 1 unspecified atom stereocenters. The summed E-state index contributed by atoms with van der Waals surface area (Å²) in [4.78, 5) is 40.6. The van der Waals surface area contributed by atoms with E-state index in [9.17, 15) is 14.4 Å². The van der Waals surface area contributed by atoms with Crippen LogP contribution in [-0.4, -0.2) is 42.8 Å². The zero-order chi connectivity index (χ0) is 26.5. The van der Waals surface area contributed by atoms with Gasteiger partial charge in [-0.25, -0.2) is 0 Å². The van der Waals surface area contributed by atoms with Crippen LogP contribution in [0.4, 0.5) is 5.69 Å². The smallest absolute Gasteiger partial charge is 0.313 e. The van der Waals surface area contributed by atoms with Gasteiger partial charge in [-0.1, -0.05) is 57.3 Å². The van der Waals surface area contributed by atoms with E-state index >= 15 is 0 Å². The van der Waals surface area contributed by atoms with Crippen molar-refractivity contribution in [3.8, 4) is 5.75 Å². The second-order valence-corrected chi connectivity index (χ2v) is 10.3. The number of amides is 3. The predicted molar refractivity (Wildman–Crippen MR) is 147 cm³/mol. The van der Waals surface area contributed by atoms with E-state index in [2.05, 4.69) is 26.6 Å². The fourth-order valence-corrected chi connectivity index (χ4v) is 5.08. The van der Waals surface area contributed by atoms with Crippen molar-refractivity contribution in [2.75, 3.05) is 25.5 Å². The lowest BCUT2D eigenvalue weighted by atomic mass is 9.97. The van der Waals surface area contributed by atoms with Gasteiger partial charge in [0.05, 0.1) is 13.2 Å². The minimum absolute atomic E-state index is 0.116. The van der Waals surface area contributed by atoms with Crippen molar-refractivity contribution in [3.05, 3.63) is 91.9 Å². The standard InChI is InChI=1S/C27H24BrCl2N3O4/c1-37-23-15-20(30)7-8-22(23)24(16-5-4-6-19(29)12-16)32-26(35)25(34)31-21-13-17(11-18(28)14-21)27(36)33-9-2-3-10-33/h4-8,11-15,24H,2-3,9-10H2,1H3,(H,31,34)(H,32,35). The lowest BCUT2D eigenvalue weighted by Gasteiger charge is -2.22. The maximum Gasteiger partial charge on any atom is 0.313 e. The number of anilines is 1. The largest absolute Gasteiger partial charge is 0.496 e. The third-order valence-electron chi connectivity index (χ3n) is 5.97. The summed E-state index contributed by atoms with van der Waals surface area (Å²) in [7, 11) is 1.49. The molecule has 1 aliphatic heterocycles. The maximum atomic E-state index is 13.1. The van der Waals surface area contributed by atoms with E-state index in [-0.39, 0.29) is 5.91 Å². The number of nitrogens with zero attached hydrogens (tertiary/aromatic N) is 1. The van der Waals surface area contributed by atoms with Crippen LogP contribution >= 0.6 is 39.1 Å². The topological polar surface area (TPSA) is 87.7 Å². The molecule has 1 aliphatic rings. The number of methoxy groups -OCH3 is 1. The first kappa shape index (κ1) is 27.0. The summed E-state index contributed by atoms with van der Waals surface area (Å²) in [5.41, 5.74) is 1.99. The fourth-order valence-electron chi connectivity index (χ4n) is 4.22. The van der Waals surface area contributed by atoms with Crippen LogP contribution in [0.25, 0.3) is 0 Å². The summed E-state index contributed by atoms with van der Waals surface area (Å²) in [6.45, 7) is 1.41. The lowest BCUT2D eigenvalue weighted by molar-refractivity contribution is -0.136. The summed E-state index contributed by atoms with van der Waals surface area (Å²) in [5.74, 6) is -1.45. The van der Waals surface area contributed by atoms with E-state index in [1.807, 2.05) is 0 Å². The molecule has 3 amide bonds. The molecule has 192 valence electrons. The van der Waals surface area contributed by atoms with Gasteiger partial charge in [-0.15, -0.1) is 0 Å². The van der Waals surface area contributed by atoms with E-state index in [1.54, 1.807) is 65.6 Å². The van der Waals surface area contributed by atoms with Crippen LogP contribution in [0.1, 0.15) is 40.4 Å². The number of benzene rings is 3. The van der Waals surface area contributed by atoms with Gasteiger partial charge in [-0.2, -0.15) is 0 Å². The molecular formula is C27H24BrCl2N3O4. The summed E-state index contributed by atoms with van der Waals surface area (Å²) >= 11 is 15.7. The summed E-state index contributed by atoms with van der Waals surface area (Å²) in [6, 6.07) is 16.1. The number of halogens is 3. The van der Waals surface area contributed by atoms with Crippen LogP contribution in [0.15, 0.2) is 65.1 Å². The van der Waals surface area contributed by atoms with Gasteiger partial charge in [0.2, 0.25) is 0 Å². The maximum absolute atomic E-state index is 13.1. The Bertz CT molecular complexity index is 1340. The number of carbonyl (C=O) groups is 3. The van der Waals surface area contributed by atoms with Crippen molar-refractivity contribution in [1.82, 2.24) is 10.2 Å². The van der Waals surface area contributed by atoms with Gasteiger partial charge in [0.15, 0.2) is 0 Å². The van der Waals surface area contributed by atoms with Crippen molar-refractivity contribution in [2.24, 2.45) is 0 Å². The molecule has 1 fully saturated rings. The van der Waals surface area contributed by atoms with E-state index in [0.717, 1.165) is 12.8 Å². The van der Waals surface area contributed by atoms with Crippen LogP contribution in [0, 0.1) is 0 Å². The first-order valence-electron chi connectivity index (χ1n) is 11.6. The number of nitrogens with one attached hydrogen (secondary N) is 2. The normalized spacial score (nSPS) is 13.7. The molecule has 0 radical (unpaired) electrons. The van der Waals surface area contributed by atoms with Gasteiger partial charge >= 0.3 is 11.8 Å². The number of likely N-dealkylation sites (tertiary alicyclic amines) is 1. The predicted octanol–water partition coefficient (Wildman–Crippen LogP) is 5.84. The number of carbonyl (C=O) groups excluding carboxylic acids is 3. The number of hydrogen-bond acceptors (Lipinski definition) is 4. The first-order valence-corrected chi connectivity index (χ1v) is 13.1. The summed E-state index contributed by atoms with van der Waals surface area (Å²) < 4.78 is 6.08. The Hall–Kier alpha value is -3.07. The zero-order valence-corrected chi connectivity index (χ0v) is 23.0. The molecule has 0 bridgehead atoms. The average molecular weight is 605 g/mol. The van der Waals surface area contributed by atoms with E-state index in [0.29, 0.717) is 55.7 Å². The van der Waals surface area contributed by atoms with E-state index in [1.165, 1.54) is 7.11 Å². The van der Waals surface area contributed by atoms with Crippen molar-refractivity contribution >= 4 is 62.5 Å². The van der Waals surface area contributed by atoms with Gasteiger partial charge in [0, 0.05) is 44.4 Å². The fraction of sp³-hybridized carbons (Fsp3) is 0.222. The van der Waals surface area contributed by atoms with Crippen LogP contribution < -0.4 is 15.4 Å². The highest BCUT2D eigenvalue weighted by Crippen LogP contribution is 2.33. The molecule has 0 spiro atoms. The molecule has 1 saturated heterocycles. The Kier molecular flexibility index (Phi) is 8.74. The Morgan fingerprint density at radius 1 is 0.946 bits per heavy atom. The minimum atomic E-state index is -0.891. The number of rotatable bonds is 6. The third-order valence-corrected chi connectivity index (χ3v) is 6.89. The number of hydrogen-bond donors (Lipinski definition) is 2. The Balaban J connectivity index is 1.57. The molecule has 3 aromatic carbocycles. The second kappa shape index (κ2) is 12.0. The lowest BCUT2D eigenvalue weighted by Crippen LogP contribution is -2.38. The van der Waals surface area contributed by atoms with Crippen LogP contribution in [0.2, 0.25) is 10.0 Å². The molecule has 4 rings (SSSR count). The van der Waals surface area contributed by atoms with Gasteiger partial charge in [0.25, 0.3) is 5.91 Å². The number of ether oxygens (including phenoxy) is 1. The molecular weight excluding hydrogens is 581 g/mol. The highest BCUT2D eigenvalue weighted by atomic mass is 79.9. The summed E-state index contributed by atoms with van der Waals surface area (Å²) in [6.07, 6.45) is 1.94.